The summed E-state index contributed by atoms with van der Waals surface area (Å²) < 4.78 is 0. The van der Waals surface area contributed by atoms with Gasteiger partial charge in [-0.05, 0) is 37.8 Å². The molecule has 2 aliphatic rings. The van der Waals surface area contributed by atoms with Crippen molar-refractivity contribution >= 4 is 10.2 Å². The molecule has 88 valence electrons. The summed E-state index contributed by atoms with van der Waals surface area (Å²) in [5.74, 6) is 0. The van der Waals surface area contributed by atoms with Gasteiger partial charge in [-0.3, -0.25) is 4.90 Å². The van der Waals surface area contributed by atoms with E-state index in [9.17, 15) is 0 Å². The number of hydrogen-bond donors (Lipinski definition) is 0. The van der Waals surface area contributed by atoms with E-state index in [4.69, 9.17) is 0 Å². The molecule has 2 aliphatic carbocycles. The Bertz CT molecular complexity index is 165. The van der Waals surface area contributed by atoms with Gasteiger partial charge in [0.2, 0.25) is 0 Å². The van der Waals surface area contributed by atoms with Crippen LogP contribution in [0, 0.1) is 0 Å². The zero-order valence-electron chi connectivity index (χ0n) is 10.5. The van der Waals surface area contributed by atoms with Crippen molar-refractivity contribution in [3.8, 4) is 0 Å². The van der Waals surface area contributed by atoms with Crippen LogP contribution in [0.3, 0.4) is 0 Å². The molecule has 0 aliphatic heterocycles. The van der Waals surface area contributed by atoms with Crippen LogP contribution < -0.4 is 0 Å². The molecule has 1 unspecified atom stereocenters. The van der Waals surface area contributed by atoms with Crippen LogP contribution in [0.1, 0.15) is 58.3 Å². The lowest BCUT2D eigenvalue weighted by Gasteiger charge is -2.35. The minimum atomic E-state index is 0.962. The summed E-state index contributed by atoms with van der Waals surface area (Å²) in [7, 11) is 1.37. The molecule has 0 saturated heterocycles. The topological polar surface area (TPSA) is 3.24 Å². The second-order valence-electron chi connectivity index (χ2n) is 5.97. The van der Waals surface area contributed by atoms with Gasteiger partial charge in [-0.2, -0.15) is 0 Å². The third-order valence-electron chi connectivity index (χ3n) is 4.16. The monoisotopic (exact) mass is 225 g/mol. The Labute approximate surface area is 98.0 Å². The molecule has 2 rings (SSSR count). The van der Waals surface area contributed by atoms with Crippen LogP contribution >= 0.6 is 0 Å². The van der Waals surface area contributed by atoms with Gasteiger partial charge >= 0.3 is 0 Å². The Morgan fingerprint density at radius 1 is 1.00 bits per heavy atom. The van der Waals surface area contributed by atoms with E-state index in [2.05, 4.69) is 11.8 Å². The first-order chi connectivity index (χ1) is 7.27. The molecule has 1 nitrogen and oxygen atoms in total. The lowest BCUT2D eigenvalue weighted by molar-refractivity contribution is 0.137. The first-order valence-electron chi connectivity index (χ1n) is 7.03. The van der Waals surface area contributed by atoms with Crippen molar-refractivity contribution in [2.24, 2.45) is 0 Å². The molecule has 0 amide bonds. The standard InChI is InChI=1S/C13H27NSi/c1-11(15)10-14(12-6-2-3-7-12)13-8-4-5-9-13/h11-13H,2-10H2,1,15H3. The summed E-state index contributed by atoms with van der Waals surface area (Å²) in [5.41, 5.74) is 0.978. The van der Waals surface area contributed by atoms with E-state index in [-0.39, 0.29) is 0 Å². The highest BCUT2D eigenvalue weighted by atomic mass is 28.1. The van der Waals surface area contributed by atoms with Crippen LogP contribution in [0.2, 0.25) is 5.54 Å². The van der Waals surface area contributed by atoms with E-state index in [1.54, 1.807) is 0 Å². The van der Waals surface area contributed by atoms with Crippen molar-refractivity contribution in [3.05, 3.63) is 0 Å². The second kappa shape index (κ2) is 5.49. The molecule has 15 heavy (non-hydrogen) atoms. The highest BCUT2D eigenvalue weighted by Gasteiger charge is 2.30. The fourth-order valence-electron chi connectivity index (χ4n) is 3.49. The third-order valence-corrected chi connectivity index (χ3v) is 4.53. The lowest BCUT2D eigenvalue weighted by atomic mass is 10.1. The van der Waals surface area contributed by atoms with Crippen molar-refractivity contribution in [1.29, 1.82) is 0 Å². The fraction of sp³-hybridized carbons (Fsp3) is 1.00. The molecule has 0 heterocycles. The number of nitrogens with zero attached hydrogens (tertiary/aromatic N) is 1. The smallest absolute Gasteiger partial charge is 0.00981 e. The Balaban J connectivity index is 1.94. The first kappa shape index (κ1) is 11.7. The summed E-state index contributed by atoms with van der Waals surface area (Å²) >= 11 is 0. The molecule has 0 spiro atoms. The Hall–Kier alpha value is 0.177. The zero-order valence-corrected chi connectivity index (χ0v) is 12.5. The molecule has 0 N–H and O–H groups in total. The Morgan fingerprint density at radius 2 is 1.40 bits per heavy atom. The molecule has 0 radical (unpaired) electrons. The van der Waals surface area contributed by atoms with E-state index in [0.717, 1.165) is 17.6 Å². The van der Waals surface area contributed by atoms with Gasteiger partial charge in [-0.15, -0.1) is 0 Å². The summed E-state index contributed by atoms with van der Waals surface area (Å²) in [6, 6.07) is 1.92. The largest absolute Gasteiger partial charge is 0.297 e. The molecule has 2 saturated carbocycles. The van der Waals surface area contributed by atoms with E-state index < -0.39 is 0 Å². The first-order valence-corrected chi connectivity index (χ1v) is 8.18. The SMILES string of the molecule is CC([SiH3])CN(C1CCCC1)C1CCCC1. The Morgan fingerprint density at radius 3 is 1.73 bits per heavy atom. The number of rotatable bonds is 4. The molecule has 2 fully saturated rings. The summed E-state index contributed by atoms with van der Waals surface area (Å²) in [6.07, 6.45) is 11.9. The maximum Gasteiger partial charge on any atom is 0.00981 e. The molecular formula is C13H27NSi. The van der Waals surface area contributed by atoms with E-state index >= 15 is 0 Å². The van der Waals surface area contributed by atoms with Gasteiger partial charge in [-0.25, -0.2) is 0 Å². The van der Waals surface area contributed by atoms with Crippen molar-refractivity contribution in [2.45, 2.75) is 75.9 Å². The van der Waals surface area contributed by atoms with Crippen LogP contribution in [-0.4, -0.2) is 33.8 Å². The van der Waals surface area contributed by atoms with Crippen molar-refractivity contribution in [2.75, 3.05) is 6.54 Å². The fourth-order valence-corrected chi connectivity index (χ4v) is 3.91. The maximum atomic E-state index is 2.91. The van der Waals surface area contributed by atoms with Gasteiger partial charge in [0.15, 0.2) is 0 Å². The molecule has 1 atom stereocenters. The van der Waals surface area contributed by atoms with Crippen LogP contribution in [0.15, 0.2) is 0 Å². The molecule has 0 aromatic heterocycles. The predicted octanol–water partition coefficient (Wildman–Crippen LogP) is 2.35. The molecular weight excluding hydrogens is 198 g/mol. The normalized spacial score (nSPS) is 26.8. The van der Waals surface area contributed by atoms with E-state index in [0.29, 0.717) is 0 Å². The number of hydrogen-bond acceptors (Lipinski definition) is 1. The van der Waals surface area contributed by atoms with Gasteiger partial charge in [0.1, 0.15) is 0 Å². The van der Waals surface area contributed by atoms with E-state index in [1.165, 1.54) is 68.2 Å². The van der Waals surface area contributed by atoms with Crippen molar-refractivity contribution in [1.82, 2.24) is 4.90 Å². The zero-order chi connectivity index (χ0) is 10.7. The average molecular weight is 225 g/mol. The van der Waals surface area contributed by atoms with Gasteiger partial charge < -0.3 is 0 Å². The van der Waals surface area contributed by atoms with Crippen LogP contribution in [-0.2, 0) is 0 Å². The van der Waals surface area contributed by atoms with E-state index in [1.807, 2.05) is 0 Å². The summed E-state index contributed by atoms with van der Waals surface area (Å²) in [4.78, 5) is 2.91. The highest BCUT2D eigenvalue weighted by Crippen LogP contribution is 2.32. The van der Waals surface area contributed by atoms with Crippen molar-refractivity contribution < 1.29 is 0 Å². The van der Waals surface area contributed by atoms with Gasteiger partial charge in [0.25, 0.3) is 0 Å². The quantitative estimate of drug-likeness (QED) is 0.664. The Kier molecular flexibility index (Phi) is 4.27. The lowest BCUT2D eigenvalue weighted by Crippen LogP contribution is -2.42. The molecule has 0 aromatic carbocycles. The molecule has 0 aromatic rings. The third kappa shape index (κ3) is 3.07. The van der Waals surface area contributed by atoms with Crippen LogP contribution in [0.5, 0.6) is 0 Å². The van der Waals surface area contributed by atoms with Crippen LogP contribution in [0.4, 0.5) is 0 Å². The van der Waals surface area contributed by atoms with Crippen LogP contribution in [0.25, 0.3) is 0 Å². The van der Waals surface area contributed by atoms with Crippen molar-refractivity contribution in [3.63, 3.8) is 0 Å². The molecule has 2 heteroatoms. The minimum absolute atomic E-state index is 0.962. The molecule has 0 bridgehead atoms. The maximum absolute atomic E-state index is 2.91. The second-order valence-corrected chi connectivity index (χ2v) is 7.94. The van der Waals surface area contributed by atoms with Gasteiger partial charge in [-0.1, -0.05) is 32.6 Å². The summed E-state index contributed by atoms with van der Waals surface area (Å²) in [6.45, 7) is 3.84. The van der Waals surface area contributed by atoms with Gasteiger partial charge in [0.05, 0.1) is 0 Å². The minimum Gasteiger partial charge on any atom is -0.297 e. The highest BCUT2D eigenvalue weighted by molar-refractivity contribution is 6.11. The van der Waals surface area contributed by atoms with Gasteiger partial charge in [0, 0.05) is 22.3 Å². The average Bonchev–Trinajstić information content (AvgIpc) is 2.87. The summed E-state index contributed by atoms with van der Waals surface area (Å²) in [5, 5.41) is 0. The predicted molar refractivity (Wildman–Crippen MR) is 70.6 cm³/mol.